The molecular formula is C37H31Cl2N3O6. The molecule has 0 aliphatic heterocycles. The van der Waals surface area contributed by atoms with E-state index in [1.165, 1.54) is 18.2 Å². The van der Waals surface area contributed by atoms with Gasteiger partial charge in [-0.25, -0.2) is 9.78 Å². The summed E-state index contributed by atoms with van der Waals surface area (Å²) < 4.78 is 12.4. The van der Waals surface area contributed by atoms with Crippen LogP contribution in [0.25, 0.3) is 10.8 Å². The van der Waals surface area contributed by atoms with Gasteiger partial charge in [-0.15, -0.1) is 0 Å². The maximum atomic E-state index is 12.6. The molecule has 0 spiro atoms. The normalized spacial score (nSPS) is 15.8. The Hall–Kier alpha value is -5.12. The van der Waals surface area contributed by atoms with Crippen molar-refractivity contribution in [1.29, 1.82) is 0 Å². The number of pyridine rings is 1. The average molecular weight is 685 g/mol. The van der Waals surface area contributed by atoms with Crippen LogP contribution >= 0.6 is 23.2 Å². The number of halogens is 2. The minimum atomic E-state index is -1.10. The molecule has 0 saturated heterocycles. The van der Waals surface area contributed by atoms with Crippen LogP contribution in [0.3, 0.4) is 0 Å². The highest BCUT2D eigenvalue weighted by Gasteiger charge is 2.24. The number of para-hydroxylation sites is 1. The Labute approximate surface area is 286 Å². The minimum Gasteiger partial charge on any atom is -0.490 e. The van der Waals surface area contributed by atoms with E-state index in [1.807, 2.05) is 36.4 Å². The van der Waals surface area contributed by atoms with Gasteiger partial charge in [0.1, 0.15) is 27.6 Å². The number of anilines is 1. The average Bonchev–Trinajstić information content (AvgIpc) is 3.06. The van der Waals surface area contributed by atoms with E-state index in [2.05, 4.69) is 15.6 Å². The summed E-state index contributed by atoms with van der Waals surface area (Å²) in [7, 11) is 0. The summed E-state index contributed by atoms with van der Waals surface area (Å²) in [6, 6.07) is 28.3. The van der Waals surface area contributed by atoms with E-state index >= 15 is 0 Å². The maximum Gasteiger partial charge on any atom is 0.337 e. The van der Waals surface area contributed by atoms with E-state index in [1.54, 1.807) is 42.5 Å². The number of hydrogen-bond acceptors (Lipinski definition) is 6. The number of fused-ring (bicyclic) bond motifs is 1. The van der Waals surface area contributed by atoms with E-state index in [4.69, 9.17) is 32.7 Å². The molecule has 9 nitrogen and oxygen atoms in total. The predicted molar refractivity (Wildman–Crippen MR) is 185 cm³/mol. The number of nitrogens with one attached hydrogen (secondary N) is 2. The second-order valence-electron chi connectivity index (χ2n) is 11.6. The Morgan fingerprint density at radius 1 is 0.771 bits per heavy atom. The summed E-state index contributed by atoms with van der Waals surface area (Å²) in [5.41, 5.74) is 1.45. The number of aromatic nitrogens is 1. The second-order valence-corrected chi connectivity index (χ2v) is 12.3. The molecule has 0 atom stereocenters. The van der Waals surface area contributed by atoms with E-state index in [0.717, 1.165) is 47.8 Å². The number of amides is 2. The second kappa shape index (κ2) is 14.8. The number of carbonyl (C=O) groups is 3. The number of ether oxygens (including phenoxy) is 2. The van der Waals surface area contributed by atoms with Crippen LogP contribution in [0.15, 0.2) is 97.1 Å². The molecule has 0 bridgehead atoms. The van der Waals surface area contributed by atoms with Gasteiger partial charge in [0.2, 0.25) is 5.91 Å². The highest BCUT2D eigenvalue weighted by Crippen LogP contribution is 2.30. The molecule has 1 aliphatic carbocycles. The van der Waals surface area contributed by atoms with Crippen LogP contribution in [0, 0.1) is 0 Å². The van der Waals surface area contributed by atoms with Gasteiger partial charge in [0.25, 0.3) is 5.91 Å². The molecule has 1 saturated carbocycles. The molecular weight excluding hydrogens is 653 g/mol. The summed E-state index contributed by atoms with van der Waals surface area (Å²) in [5.74, 6) is 0.442. The number of hydrogen-bond donors (Lipinski definition) is 3. The van der Waals surface area contributed by atoms with E-state index in [9.17, 15) is 19.5 Å². The molecule has 6 rings (SSSR count). The van der Waals surface area contributed by atoms with Crippen molar-refractivity contribution in [2.24, 2.45) is 0 Å². The third kappa shape index (κ3) is 8.42. The molecule has 0 unspecified atom stereocenters. The van der Waals surface area contributed by atoms with Crippen molar-refractivity contribution in [3.8, 4) is 17.2 Å². The molecule has 2 amide bonds. The summed E-state index contributed by atoms with van der Waals surface area (Å²) in [6.45, 7) is 0. The highest BCUT2D eigenvalue weighted by atomic mass is 35.5. The molecule has 0 radical (unpaired) electrons. The number of rotatable bonds is 10. The van der Waals surface area contributed by atoms with Crippen LogP contribution in [0.5, 0.6) is 17.2 Å². The maximum absolute atomic E-state index is 12.6. The van der Waals surface area contributed by atoms with Crippen LogP contribution in [-0.4, -0.2) is 40.0 Å². The number of carbonyl (C=O) groups excluding carboxylic acids is 2. The summed E-state index contributed by atoms with van der Waals surface area (Å²) in [5, 5.41) is 17.4. The Morgan fingerprint density at radius 3 is 2.08 bits per heavy atom. The zero-order valence-corrected chi connectivity index (χ0v) is 27.1. The van der Waals surface area contributed by atoms with Gasteiger partial charge in [0, 0.05) is 11.6 Å². The van der Waals surface area contributed by atoms with Gasteiger partial charge >= 0.3 is 5.97 Å². The zero-order chi connectivity index (χ0) is 33.6. The Balaban J connectivity index is 0.991. The molecule has 48 heavy (non-hydrogen) atoms. The van der Waals surface area contributed by atoms with Gasteiger partial charge in [-0.3, -0.25) is 9.59 Å². The third-order valence-corrected chi connectivity index (χ3v) is 8.46. The van der Waals surface area contributed by atoms with Crippen LogP contribution in [-0.2, 0) is 11.2 Å². The first-order valence-corrected chi connectivity index (χ1v) is 16.2. The van der Waals surface area contributed by atoms with Crippen molar-refractivity contribution < 1.29 is 29.0 Å². The molecule has 11 heteroatoms. The third-order valence-electron chi connectivity index (χ3n) is 8.08. The SMILES string of the molecule is O=C(Cc1ccc(Oc2ccc3cc(OC4CCC(NC(=O)c5cc(Cl)nc(Cl)c5)CC4)ccc3c2)cc1)Nc1ccccc1C(=O)O. The molecule has 1 heterocycles. The lowest BCUT2D eigenvalue weighted by Crippen LogP contribution is -2.39. The van der Waals surface area contributed by atoms with Gasteiger partial charge < -0.3 is 25.2 Å². The molecule has 1 fully saturated rings. The molecule has 4 aromatic carbocycles. The van der Waals surface area contributed by atoms with Gasteiger partial charge in [-0.05, 0) is 103 Å². The van der Waals surface area contributed by atoms with Crippen molar-refractivity contribution in [3.63, 3.8) is 0 Å². The van der Waals surface area contributed by atoms with Crippen molar-refractivity contribution in [2.45, 2.75) is 44.2 Å². The first-order valence-electron chi connectivity index (χ1n) is 15.4. The minimum absolute atomic E-state index is 0.0381. The van der Waals surface area contributed by atoms with E-state index < -0.39 is 5.97 Å². The summed E-state index contributed by atoms with van der Waals surface area (Å²) >= 11 is 11.9. The van der Waals surface area contributed by atoms with Gasteiger partial charge in [0.15, 0.2) is 0 Å². The summed E-state index contributed by atoms with van der Waals surface area (Å²) in [6.07, 6.45) is 3.37. The van der Waals surface area contributed by atoms with Crippen molar-refractivity contribution in [3.05, 3.63) is 124 Å². The first-order chi connectivity index (χ1) is 23.2. The Morgan fingerprint density at radius 2 is 1.40 bits per heavy atom. The van der Waals surface area contributed by atoms with Gasteiger partial charge in [0.05, 0.1) is 23.8 Å². The monoisotopic (exact) mass is 683 g/mol. The topological polar surface area (TPSA) is 127 Å². The lowest BCUT2D eigenvalue weighted by Gasteiger charge is -2.29. The molecule has 1 aliphatic rings. The van der Waals surface area contributed by atoms with E-state index in [0.29, 0.717) is 17.1 Å². The zero-order valence-electron chi connectivity index (χ0n) is 25.6. The van der Waals surface area contributed by atoms with Crippen molar-refractivity contribution >= 4 is 57.4 Å². The van der Waals surface area contributed by atoms with Gasteiger partial charge in [-0.1, -0.05) is 59.6 Å². The van der Waals surface area contributed by atoms with Crippen molar-refractivity contribution in [2.75, 3.05) is 5.32 Å². The highest BCUT2D eigenvalue weighted by molar-refractivity contribution is 6.33. The quantitative estimate of drug-likeness (QED) is 0.126. The van der Waals surface area contributed by atoms with Crippen LogP contribution in [0.2, 0.25) is 10.3 Å². The predicted octanol–water partition coefficient (Wildman–Crippen LogP) is 8.33. The van der Waals surface area contributed by atoms with Crippen LogP contribution in [0.1, 0.15) is 52.0 Å². The largest absolute Gasteiger partial charge is 0.490 e. The lowest BCUT2D eigenvalue weighted by molar-refractivity contribution is -0.115. The number of benzene rings is 4. The fraction of sp³-hybridized carbons (Fsp3) is 0.189. The Kier molecular flexibility index (Phi) is 10.1. The fourth-order valence-corrected chi connectivity index (χ4v) is 6.15. The molecule has 244 valence electrons. The number of aromatic carboxylic acids is 1. The standard InChI is InChI=1S/C37H31Cl2N3O6/c38-33-20-25(21-34(39)42-33)36(44)40-26-9-15-28(16-10-26)48-30-14-8-23-18-29(13-7-24(23)19-30)47-27-11-5-22(6-12-27)17-35(43)41-32-4-2-1-3-31(32)37(45)46/h1-8,11-14,18-21,26,28H,9-10,15-17H2,(H,40,44)(H,41,43)(H,45,46). The number of nitrogens with zero attached hydrogens (tertiary/aromatic N) is 1. The smallest absolute Gasteiger partial charge is 0.337 e. The van der Waals surface area contributed by atoms with Crippen LogP contribution < -0.4 is 20.1 Å². The van der Waals surface area contributed by atoms with E-state index in [-0.39, 0.29) is 51.9 Å². The number of carboxylic acid groups (broad SMARTS) is 1. The first kappa shape index (κ1) is 32.8. The Bertz CT molecular complexity index is 1960. The molecule has 5 aromatic rings. The van der Waals surface area contributed by atoms with Gasteiger partial charge in [-0.2, -0.15) is 0 Å². The summed E-state index contributed by atoms with van der Waals surface area (Å²) in [4.78, 5) is 40.5. The molecule has 3 N–H and O–H groups in total. The number of carboxylic acids is 1. The molecule has 1 aromatic heterocycles. The van der Waals surface area contributed by atoms with Crippen molar-refractivity contribution in [1.82, 2.24) is 10.3 Å². The van der Waals surface area contributed by atoms with Crippen LogP contribution in [0.4, 0.5) is 5.69 Å². The lowest BCUT2D eigenvalue weighted by atomic mass is 9.92. The fourth-order valence-electron chi connectivity index (χ4n) is 5.69.